The number of hydrogen-bond acceptors (Lipinski definition) is 6. The van der Waals surface area contributed by atoms with Crippen molar-refractivity contribution in [2.24, 2.45) is 4.99 Å². The molecule has 4 rings (SSSR count). The van der Waals surface area contributed by atoms with E-state index < -0.39 is 0 Å². The van der Waals surface area contributed by atoms with Gasteiger partial charge in [0.15, 0.2) is 5.17 Å². The van der Waals surface area contributed by atoms with Crippen molar-refractivity contribution in [2.45, 2.75) is 23.8 Å². The van der Waals surface area contributed by atoms with Gasteiger partial charge >= 0.3 is 0 Å². The first-order valence-corrected chi connectivity index (χ1v) is 11.1. The number of ether oxygens (including phenoxy) is 2. The summed E-state index contributed by atoms with van der Waals surface area (Å²) in [7, 11) is 3.39. The zero-order chi connectivity index (χ0) is 18.6. The van der Waals surface area contributed by atoms with Gasteiger partial charge in [-0.05, 0) is 41.7 Å². The van der Waals surface area contributed by atoms with Crippen LogP contribution in [0.1, 0.15) is 22.7 Å². The second kappa shape index (κ2) is 8.48. The number of methoxy groups -OCH3 is 2. The molecule has 4 nitrogen and oxygen atoms in total. The van der Waals surface area contributed by atoms with Gasteiger partial charge in [0.05, 0.1) is 26.8 Å². The van der Waals surface area contributed by atoms with Crippen LogP contribution in [-0.4, -0.2) is 37.4 Å². The van der Waals surface area contributed by atoms with E-state index in [2.05, 4.69) is 40.6 Å². The highest BCUT2D eigenvalue weighted by molar-refractivity contribution is 8.14. The van der Waals surface area contributed by atoms with E-state index in [4.69, 9.17) is 9.47 Å². The van der Waals surface area contributed by atoms with Crippen molar-refractivity contribution in [2.75, 3.05) is 32.3 Å². The minimum Gasteiger partial charge on any atom is -0.497 e. The van der Waals surface area contributed by atoms with Crippen LogP contribution in [0.2, 0.25) is 0 Å². The Morgan fingerprint density at radius 2 is 1.89 bits per heavy atom. The summed E-state index contributed by atoms with van der Waals surface area (Å²) >= 11 is 3.78. The molecular formula is C21H24N2O2S2. The van der Waals surface area contributed by atoms with Gasteiger partial charge in [-0.2, -0.15) is 0 Å². The molecule has 142 valence electrons. The normalized spacial score (nSPS) is 16.6. The summed E-state index contributed by atoms with van der Waals surface area (Å²) in [4.78, 5) is 6.05. The first kappa shape index (κ1) is 18.6. The van der Waals surface area contributed by atoms with E-state index in [0.717, 1.165) is 41.8 Å². The van der Waals surface area contributed by atoms with Crippen molar-refractivity contribution in [1.29, 1.82) is 0 Å². The molecule has 2 aromatic carbocycles. The molecule has 2 aromatic rings. The zero-order valence-electron chi connectivity index (χ0n) is 15.7. The third-order valence-electron chi connectivity index (χ3n) is 4.85. The number of fused-ring (bicyclic) bond motifs is 1. The van der Waals surface area contributed by atoms with Gasteiger partial charge in [-0.15, -0.1) is 11.8 Å². The summed E-state index contributed by atoms with van der Waals surface area (Å²) in [6, 6.07) is 13.0. The van der Waals surface area contributed by atoms with Crippen molar-refractivity contribution < 1.29 is 9.47 Å². The summed E-state index contributed by atoms with van der Waals surface area (Å²) in [5.74, 6) is 3.87. The van der Waals surface area contributed by atoms with Crippen molar-refractivity contribution in [3.05, 3.63) is 53.1 Å². The second-order valence-electron chi connectivity index (χ2n) is 6.59. The lowest BCUT2D eigenvalue weighted by Crippen LogP contribution is -2.27. The van der Waals surface area contributed by atoms with Crippen LogP contribution in [0.5, 0.6) is 11.5 Å². The largest absolute Gasteiger partial charge is 0.497 e. The molecule has 0 aliphatic carbocycles. The van der Waals surface area contributed by atoms with Gasteiger partial charge in [0.25, 0.3) is 0 Å². The number of rotatable bonds is 6. The lowest BCUT2D eigenvalue weighted by atomic mass is 9.96. The highest BCUT2D eigenvalue weighted by atomic mass is 32.2. The molecule has 0 spiro atoms. The van der Waals surface area contributed by atoms with Gasteiger partial charge in [-0.25, -0.2) is 0 Å². The molecular weight excluding hydrogens is 376 g/mol. The van der Waals surface area contributed by atoms with Gasteiger partial charge in [0.1, 0.15) is 11.5 Å². The summed E-state index contributed by atoms with van der Waals surface area (Å²) < 4.78 is 10.9. The monoisotopic (exact) mass is 400 g/mol. The van der Waals surface area contributed by atoms with Gasteiger partial charge in [-0.3, -0.25) is 4.99 Å². The maximum absolute atomic E-state index is 5.46. The SMILES string of the molecule is COc1cc(CC(NC2=NCCS2)c2cccc3c2SCC3)cc(OC)c1. The topological polar surface area (TPSA) is 42.8 Å². The summed E-state index contributed by atoms with van der Waals surface area (Å²) in [6.07, 6.45) is 2.01. The maximum atomic E-state index is 5.46. The van der Waals surface area contributed by atoms with Crippen LogP contribution in [0.15, 0.2) is 46.3 Å². The number of amidine groups is 1. The van der Waals surface area contributed by atoms with E-state index in [1.807, 2.05) is 29.6 Å². The highest BCUT2D eigenvalue weighted by Crippen LogP contribution is 2.38. The van der Waals surface area contributed by atoms with Crippen LogP contribution in [0.4, 0.5) is 0 Å². The third kappa shape index (κ3) is 4.22. The molecule has 0 saturated heterocycles. The minimum absolute atomic E-state index is 0.173. The van der Waals surface area contributed by atoms with Crippen LogP contribution < -0.4 is 14.8 Å². The Morgan fingerprint density at radius 1 is 1.07 bits per heavy atom. The van der Waals surface area contributed by atoms with Gasteiger partial charge < -0.3 is 14.8 Å². The Bertz CT molecular complexity index is 832. The first-order chi connectivity index (χ1) is 13.3. The molecule has 2 heterocycles. The van der Waals surface area contributed by atoms with Crippen molar-refractivity contribution in [3.63, 3.8) is 0 Å². The molecule has 1 unspecified atom stereocenters. The standard InChI is InChI=1S/C21H24N2O2S2/c1-24-16-10-14(11-17(13-16)25-2)12-19(23-21-22-7-9-27-21)18-5-3-4-15-6-8-26-20(15)18/h3-5,10-11,13,19H,6-9,12H2,1-2H3,(H,22,23). The molecule has 1 atom stereocenters. The lowest BCUT2D eigenvalue weighted by Gasteiger charge is -2.23. The second-order valence-corrected chi connectivity index (χ2v) is 8.78. The first-order valence-electron chi connectivity index (χ1n) is 9.17. The number of aliphatic imine (C=N–C) groups is 1. The number of hydrogen-bond donors (Lipinski definition) is 1. The van der Waals surface area contributed by atoms with Crippen LogP contribution in [0, 0.1) is 0 Å². The Kier molecular flexibility index (Phi) is 5.83. The Balaban J connectivity index is 1.68. The Morgan fingerprint density at radius 3 is 2.59 bits per heavy atom. The predicted molar refractivity (Wildman–Crippen MR) is 115 cm³/mol. The fraction of sp³-hybridized carbons (Fsp3) is 0.381. The third-order valence-corrected chi connectivity index (χ3v) is 6.96. The van der Waals surface area contributed by atoms with E-state index in [1.165, 1.54) is 27.3 Å². The molecule has 2 aliphatic heterocycles. The van der Waals surface area contributed by atoms with Gasteiger partial charge in [-0.1, -0.05) is 30.0 Å². The van der Waals surface area contributed by atoms with Crippen LogP contribution in [-0.2, 0) is 12.8 Å². The quantitative estimate of drug-likeness (QED) is 0.782. The number of nitrogens with one attached hydrogen (secondary N) is 1. The number of nitrogens with zero attached hydrogens (tertiary/aromatic N) is 1. The van der Waals surface area contributed by atoms with Crippen molar-refractivity contribution in [3.8, 4) is 11.5 Å². The number of aryl methyl sites for hydroxylation is 1. The average Bonchev–Trinajstić information content (AvgIpc) is 3.38. The summed E-state index contributed by atoms with van der Waals surface area (Å²) in [5, 5.41) is 4.75. The maximum Gasteiger partial charge on any atom is 0.157 e. The molecule has 0 fully saturated rings. The lowest BCUT2D eigenvalue weighted by molar-refractivity contribution is 0.393. The van der Waals surface area contributed by atoms with E-state index in [-0.39, 0.29) is 6.04 Å². The predicted octanol–water partition coefficient (Wildman–Crippen LogP) is 4.33. The molecule has 0 aromatic heterocycles. The molecule has 1 N–H and O–H groups in total. The van der Waals surface area contributed by atoms with Crippen molar-refractivity contribution >= 4 is 28.7 Å². The Labute approximate surface area is 169 Å². The fourth-order valence-electron chi connectivity index (χ4n) is 3.55. The van der Waals surface area contributed by atoms with Crippen LogP contribution >= 0.6 is 23.5 Å². The zero-order valence-corrected chi connectivity index (χ0v) is 17.3. The minimum atomic E-state index is 0.173. The number of benzene rings is 2. The molecule has 0 radical (unpaired) electrons. The van der Waals surface area contributed by atoms with Gasteiger partial charge in [0.2, 0.25) is 0 Å². The summed E-state index contributed by atoms with van der Waals surface area (Å²) in [6.45, 7) is 0.897. The van der Waals surface area contributed by atoms with Gasteiger partial charge in [0, 0.05) is 22.5 Å². The molecule has 0 amide bonds. The van der Waals surface area contributed by atoms with E-state index >= 15 is 0 Å². The van der Waals surface area contributed by atoms with E-state index in [1.54, 1.807) is 14.2 Å². The summed E-state index contributed by atoms with van der Waals surface area (Å²) in [5.41, 5.74) is 4.02. The van der Waals surface area contributed by atoms with E-state index in [9.17, 15) is 0 Å². The molecule has 0 saturated carbocycles. The molecule has 27 heavy (non-hydrogen) atoms. The van der Waals surface area contributed by atoms with Crippen LogP contribution in [0.3, 0.4) is 0 Å². The average molecular weight is 401 g/mol. The van der Waals surface area contributed by atoms with E-state index in [0.29, 0.717) is 0 Å². The Hall–Kier alpha value is -1.79. The molecule has 0 bridgehead atoms. The highest BCUT2D eigenvalue weighted by Gasteiger charge is 2.24. The van der Waals surface area contributed by atoms with Crippen LogP contribution in [0.25, 0.3) is 0 Å². The molecule has 6 heteroatoms. The van der Waals surface area contributed by atoms with Crippen molar-refractivity contribution in [1.82, 2.24) is 5.32 Å². The smallest absolute Gasteiger partial charge is 0.157 e. The molecule has 2 aliphatic rings. The number of thioether (sulfide) groups is 2. The fourth-order valence-corrected chi connectivity index (χ4v) is 5.59.